The number of carbonyl (C=O) groups is 1. The Morgan fingerprint density at radius 3 is 2.52 bits per heavy atom. The first kappa shape index (κ1) is 17.0. The van der Waals surface area contributed by atoms with Gasteiger partial charge in [0, 0.05) is 10.2 Å². The molecule has 0 aliphatic heterocycles. The molecule has 0 spiro atoms. The molecule has 0 radical (unpaired) electrons. The summed E-state index contributed by atoms with van der Waals surface area (Å²) in [5.41, 5.74) is 1.57. The largest absolute Gasteiger partial charge is 0.494 e. The fourth-order valence-electron chi connectivity index (χ4n) is 1.74. The van der Waals surface area contributed by atoms with E-state index in [2.05, 4.69) is 26.4 Å². The zero-order chi connectivity index (χ0) is 16.5. The van der Waals surface area contributed by atoms with Gasteiger partial charge in [0.05, 0.1) is 12.8 Å². The first-order valence-electron chi connectivity index (χ1n) is 7.11. The Labute approximate surface area is 143 Å². The van der Waals surface area contributed by atoms with Crippen molar-refractivity contribution in [3.8, 4) is 5.75 Å². The maximum Gasteiger partial charge on any atom is 0.265 e. The van der Waals surface area contributed by atoms with Crippen LogP contribution in [-0.4, -0.2) is 25.3 Å². The zero-order valence-corrected chi connectivity index (χ0v) is 14.2. The van der Waals surface area contributed by atoms with E-state index in [9.17, 15) is 4.79 Å². The van der Waals surface area contributed by atoms with E-state index in [-0.39, 0.29) is 12.5 Å². The summed E-state index contributed by atoms with van der Waals surface area (Å²) in [6.07, 6.45) is 1.55. The molecule has 23 heavy (non-hydrogen) atoms. The van der Waals surface area contributed by atoms with Gasteiger partial charge in [-0.15, -0.1) is 0 Å². The summed E-state index contributed by atoms with van der Waals surface area (Å²) < 4.78 is 6.33. The number of hydrogen-bond acceptors (Lipinski definition) is 4. The number of carbonyl (C=O) groups excluding carboxylic acids is 1. The lowest BCUT2D eigenvalue weighted by Gasteiger charge is -2.06. The molecule has 0 aromatic heterocycles. The van der Waals surface area contributed by atoms with E-state index >= 15 is 0 Å². The molecule has 2 rings (SSSR count). The molecule has 2 aromatic carbocycles. The van der Waals surface area contributed by atoms with Gasteiger partial charge in [0.1, 0.15) is 5.75 Å². The number of anilines is 1. The molecule has 0 saturated heterocycles. The molecule has 0 saturated carbocycles. The number of nitrogens with one attached hydrogen (secondary N) is 1. The van der Waals surface area contributed by atoms with Gasteiger partial charge in [0.2, 0.25) is 0 Å². The van der Waals surface area contributed by atoms with Gasteiger partial charge in [-0.1, -0.05) is 33.2 Å². The van der Waals surface area contributed by atoms with Crippen molar-refractivity contribution in [2.75, 3.05) is 18.5 Å². The van der Waals surface area contributed by atoms with Gasteiger partial charge in [0.15, 0.2) is 6.61 Å². The summed E-state index contributed by atoms with van der Waals surface area (Å²) in [6, 6.07) is 14.7. The highest BCUT2D eigenvalue weighted by atomic mass is 79.9. The van der Waals surface area contributed by atoms with Gasteiger partial charge >= 0.3 is 0 Å². The topological polar surface area (TPSA) is 59.9 Å². The van der Waals surface area contributed by atoms with Crippen LogP contribution in [0.25, 0.3) is 0 Å². The summed E-state index contributed by atoms with van der Waals surface area (Å²) in [5.74, 6) is 0.489. The van der Waals surface area contributed by atoms with E-state index < -0.39 is 0 Å². The van der Waals surface area contributed by atoms with E-state index in [0.29, 0.717) is 12.3 Å². The Kier molecular flexibility index (Phi) is 6.62. The van der Waals surface area contributed by atoms with Crippen molar-refractivity contribution in [3.63, 3.8) is 0 Å². The maximum atomic E-state index is 11.7. The van der Waals surface area contributed by atoms with Gasteiger partial charge in [-0.05, 0) is 48.9 Å². The van der Waals surface area contributed by atoms with Crippen molar-refractivity contribution in [2.24, 2.45) is 5.16 Å². The fraction of sp³-hybridized carbons (Fsp3) is 0.176. The monoisotopic (exact) mass is 376 g/mol. The smallest absolute Gasteiger partial charge is 0.265 e. The minimum absolute atomic E-state index is 0.153. The summed E-state index contributed by atoms with van der Waals surface area (Å²) in [4.78, 5) is 16.7. The molecule has 0 fully saturated rings. The second kappa shape index (κ2) is 8.95. The molecular formula is C17H17BrN2O3. The molecule has 0 heterocycles. The van der Waals surface area contributed by atoms with E-state index in [1.165, 1.54) is 0 Å². The van der Waals surface area contributed by atoms with E-state index in [1.54, 1.807) is 30.5 Å². The van der Waals surface area contributed by atoms with Crippen molar-refractivity contribution in [1.29, 1.82) is 0 Å². The highest BCUT2D eigenvalue weighted by Crippen LogP contribution is 2.15. The van der Waals surface area contributed by atoms with Crippen LogP contribution < -0.4 is 10.1 Å². The van der Waals surface area contributed by atoms with Crippen molar-refractivity contribution in [2.45, 2.75) is 6.92 Å². The Morgan fingerprint density at radius 1 is 1.17 bits per heavy atom. The maximum absolute atomic E-state index is 11.7. The van der Waals surface area contributed by atoms with Crippen LogP contribution in [0.1, 0.15) is 12.5 Å². The third-order valence-electron chi connectivity index (χ3n) is 2.79. The average molecular weight is 377 g/mol. The third-order valence-corrected chi connectivity index (χ3v) is 3.32. The summed E-state index contributed by atoms with van der Waals surface area (Å²) >= 11 is 3.35. The standard InChI is InChI=1S/C17H17BrN2O3/c1-2-22-16-9-7-15(8-10-16)20-17(21)12-23-19-11-13-3-5-14(18)6-4-13/h3-11H,2,12H2,1H3,(H,20,21)/b19-11-. The van der Waals surface area contributed by atoms with Crippen LogP contribution in [0.2, 0.25) is 0 Å². The van der Waals surface area contributed by atoms with Gasteiger partial charge in [0.25, 0.3) is 5.91 Å². The molecule has 0 aliphatic carbocycles. The van der Waals surface area contributed by atoms with Crippen LogP contribution >= 0.6 is 15.9 Å². The van der Waals surface area contributed by atoms with Crippen molar-refractivity contribution >= 4 is 33.7 Å². The molecule has 6 heteroatoms. The SMILES string of the molecule is CCOc1ccc(NC(=O)CO/N=C\c2ccc(Br)cc2)cc1. The lowest BCUT2D eigenvalue weighted by molar-refractivity contribution is -0.120. The Hall–Kier alpha value is -2.34. The van der Waals surface area contributed by atoms with Crippen LogP contribution in [0.3, 0.4) is 0 Å². The first-order chi connectivity index (χ1) is 11.2. The first-order valence-corrected chi connectivity index (χ1v) is 7.90. The minimum atomic E-state index is -0.276. The van der Waals surface area contributed by atoms with Crippen LogP contribution in [0.5, 0.6) is 5.75 Å². The van der Waals surface area contributed by atoms with Crippen LogP contribution in [0.4, 0.5) is 5.69 Å². The van der Waals surface area contributed by atoms with Crippen molar-refractivity contribution in [1.82, 2.24) is 0 Å². The molecule has 2 aromatic rings. The third kappa shape index (κ3) is 6.12. The van der Waals surface area contributed by atoms with Crippen LogP contribution in [-0.2, 0) is 9.63 Å². The van der Waals surface area contributed by atoms with Gasteiger partial charge in [-0.25, -0.2) is 0 Å². The fourth-order valence-corrected chi connectivity index (χ4v) is 2.01. The molecule has 0 unspecified atom stereocenters. The summed E-state index contributed by atoms with van der Waals surface area (Å²) in [5, 5.41) is 6.49. The van der Waals surface area contributed by atoms with Crippen molar-refractivity contribution in [3.05, 3.63) is 58.6 Å². The molecule has 0 atom stereocenters. The van der Waals surface area contributed by atoms with Crippen LogP contribution in [0, 0.1) is 0 Å². The Morgan fingerprint density at radius 2 is 1.87 bits per heavy atom. The molecule has 120 valence electrons. The van der Waals surface area contributed by atoms with Gasteiger partial charge in [-0.3, -0.25) is 4.79 Å². The molecule has 1 N–H and O–H groups in total. The molecule has 5 nitrogen and oxygen atoms in total. The molecular weight excluding hydrogens is 360 g/mol. The van der Waals surface area contributed by atoms with Gasteiger partial charge in [-0.2, -0.15) is 0 Å². The van der Waals surface area contributed by atoms with E-state index in [4.69, 9.17) is 9.57 Å². The Balaban J connectivity index is 1.75. The summed E-state index contributed by atoms with van der Waals surface area (Å²) in [6.45, 7) is 2.37. The van der Waals surface area contributed by atoms with E-state index in [1.807, 2.05) is 31.2 Å². The summed E-state index contributed by atoms with van der Waals surface area (Å²) in [7, 11) is 0. The Bertz CT molecular complexity index is 655. The molecule has 0 bridgehead atoms. The second-order valence-electron chi connectivity index (χ2n) is 4.57. The molecule has 0 aliphatic rings. The lowest BCUT2D eigenvalue weighted by Crippen LogP contribution is -2.16. The predicted octanol–water partition coefficient (Wildman–Crippen LogP) is 3.84. The predicted molar refractivity (Wildman–Crippen MR) is 93.9 cm³/mol. The van der Waals surface area contributed by atoms with Crippen LogP contribution in [0.15, 0.2) is 58.2 Å². The highest BCUT2D eigenvalue weighted by Gasteiger charge is 2.02. The number of amides is 1. The second-order valence-corrected chi connectivity index (χ2v) is 5.48. The highest BCUT2D eigenvalue weighted by molar-refractivity contribution is 9.10. The number of ether oxygens (including phenoxy) is 1. The number of halogens is 1. The minimum Gasteiger partial charge on any atom is -0.494 e. The average Bonchev–Trinajstić information content (AvgIpc) is 2.55. The van der Waals surface area contributed by atoms with E-state index in [0.717, 1.165) is 15.8 Å². The molecule has 1 amide bonds. The van der Waals surface area contributed by atoms with Crippen molar-refractivity contribution < 1.29 is 14.4 Å². The number of nitrogens with zero attached hydrogens (tertiary/aromatic N) is 1. The quantitative estimate of drug-likeness (QED) is 0.589. The number of hydrogen-bond donors (Lipinski definition) is 1. The lowest BCUT2D eigenvalue weighted by atomic mass is 10.2. The number of oxime groups is 1. The number of rotatable bonds is 7. The number of benzene rings is 2. The van der Waals surface area contributed by atoms with Gasteiger partial charge < -0.3 is 14.9 Å². The normalized spacial score (nSPS) is 10.5. The zero-order valence-electron chi connectivity index (χ0n) is 12.7.